The number of hydrogen-bond acceptors (Lipinski definition) is 2. The Morgan fingerprint density at radius 2 is 1.90 bits per heavy atom. The molecule has 0 amide bonds. The van der Waals surface area contributed by atoms with E-state index in [2.05, 4.69) is 57.3 Å². The lowest BCUT2D eigenvalue weighted by Gasteiger charge is -2.26. The van der Waals surface area contributed by atoms with Crippen LogP contribution in [-0.2, 0) is 0 Å². The normalized spacial score (nSPS) is 14.0. The molecule has 1 aromatic rings. The molecule has 0 radical (unpaired) electrons. The summed E-state index contributed by atoms with van der Waals surface area (Å²) in [6.45, 7) is 10.8. The van der Waals surface area contributed by atoms with Gasteiger partial charge in [0.2, 0.25) is 0 Å². The van der Waals surface area contributed by atoms with Gasteiger partial charge in [0.1, 0.15) is 5.75 Å². The first-order valence-electron chi connectivity index (χ1n) is 8.19. The fourth-order valence-corrected chi connectivity index (χ4v) is 2.59. The summed E-state index contributed by atoms with van der Waals surface area (Å²) < 4.78 is 5.76. The zero-order chi connectivity index (χ0) is 14.8. The first kappa shape index (κ1) is 17.0. The summed E-state index contributed by atoms with van der Waals surface area (Å²) in [5.74, 6) is 1.64. The van der Waals surface area contributed by atoms with Crippen molar-refractivity contribution in [2.75, 3.05) is 13.2 Å². The van der Waals surface area contributed by atoms with E-state index in [-0.39, 0.29) is 0 Å². The highest BCUT2D eigenvalue weighted by Crippen LogP contribution is 2.28. The van der Waals surface area contributed by atoms with Crippen LogP contribution in [0.2, 0.25) is 0 Å². The molecule has 0 aliphatic heterocycles. The van der Waals surface area contributed by atoms with Crippen molar-refractivity contribution in [2.24, 2.45) is 5.92 Å². The molecule has 114 valence electrons. The fourth-order valence-electron chi connectivity index (χ4n) is 2.59. The molecular formula is C18H31NO. The number of rotatable bonds is 10. The van der Waals surface area contributed by atoms with Crippen molar-refractivity contribution in [3.8, 4) is 5.75 Å². The zero-order valence-corrected chi connectivity index (χ0v) is 13.6. The minimum atomic E-state index is 0.431. The second-order valence-electron chi connectivity index (χ2n) is 5.62. The maximum atomic E-state index is 5.76. The topological polar surface area (TPSA) is 21.3 Å². The Kier molecular flexibility index (Phi) is 8.36. The van der Waals surface area contributed by atoms with E-state index in [1.165, 1.54) is 24.8 Å². The minimum Gasteiger partial charge on any atom is -0.494 e. The molecule has 0 saturated carbocycles. The van der Waals surface area contributed by atoms with Crippen molar-refractivity contribution in [3.63, 3.8) is 0 Å². The molecule has 2 atom stereocenters. The van der Waals surface area contributed by atoms with E-state index in [1.807, 2.05) is 0 Å². The Labute approximate surface area is 124 Å². The molecule has 2 unspecified atom stereocenters. The van der Waals surface area contributed by atoms with Gasteiger partial charge in [0.15, 0.2) is 0 Å². The predicted molar refractivity (Wildman–Crippen MR) is 87.3 cm³/mol. The first-order chi connectivity index (χ1) is 9.72. The standard InChI is InChI=1S/C18H31NO/c1-5-9-15(4)18(19-12-6-2)16-10-8-11-17(14-16)20-13-7-3/h8,10-11,14-15,18-19H,5-7,9,12-13H2,1-4H3. The summed E-state index contributed by atoms with van der Waals surface area (Å²) in [5.41, 5.74) is 1.35. The van der Waals surface area contributed by atoms with Crippen LogP contribution in [-0.4, -0.2) is 13.2 Å². The molecule has 0 bridgehead atoms. The Morgan fingerprint density at radius 1 is 1.10 bits per heavy atom. The van der Waals surface area contributed by atoms with E-state index < -0.39 is 0 Å². The van der Waals surface area contributed by atoms with Crippen molar-refractivity contribution in [1.29, 1.82) is 0 Å². The van der Waals surface area contributed by atoms with Gasteiger partial charge in [0.25, 0.3) is 0 Å². The van der Waals surface area contributed by atoms with E-state index in [0.717, 1.165) is 25.3 Å². The number of hydrogen-bond donors (Lipinski definition) is 1. The maximum absolute atomic E-state index is 5.76. The summed E-state index contributed by atoms with van der Waals surface area (Å²) in [7, 11) is 0. The SMILES string of the molecule is CCCNC(c1cccc(OCCC)c1)C(C)CCC. The quantitative estimate of drug-likeness (QED) is 0.653. The number of benzene rings is 1. The van der Waals surface area contributed by atoms with Crippen molar-refractivity contribution < 1.29 is 4.74 Å². The smallest absolute Gasteiger partial charge is 0.119 e. The zero-order valence-electron chi connectivity index (χ0n) is 13.6. The molecule has 0 aliphatic rings. The third kappa shape index (κ3) is 5.54. The summed E-state index contributed by atoms with van der Waals surface area (Å²) in [5, 5.41) is 3.70. The van der Waals surface area contributed by atoms with Gasteiger partial charge < -0.3 is 10.1 Å². The number of nitrogens with one attached hydrogen (secondary N) is 1. The lowest BCUT2D eigenvalue weighted by molar-refractivity contribution is 0.315. The van der Waals surface area contributed by atoms with E-state index in [1.54, 1.807) is 0 Å². The molecule has 0 fully saturated rings. The fraction of sp³-hybridized carbons (Fsp3) is 0.667. The van der Waals surface area contributed by atoms with Gasteiger partial charge in [-0.15, -0.1) is 0 Å². The molecule has 0 spiro atoms. The third-order valence-corrected chi connectivity index (χ3v) is 3.62. The average molecular weight is 277 g/mol. The highest BCUT2D eigenvalue weighted by molar-refractivity contribution is 5.31. The van der Waals surface area contributed by atoms with Crippen molar-refractivity contribution >= 4 is 0 Å². The van der Waals surface area contributed by atoms with Crippen LogP contribution in [0.5, 0.6) is 5.75 Å². The summed E-state index contributed by atoms with van der Waals surface area (Å²) in [6, 6.07) is 9.02. The predicted octanol–water partition coefficient (Wildman–Crippen LogP) is 4.95. The molecule has 1 rings (SSSR count). The molecule has 20 heavy (non-hydrogen) atoms. The van der Waals surface area contributed by atoms with Crippen LogP contribution in [0, 0.1) is 5.92 Å². The van der Waals surface area contributed by atoms with Crippen molar-refractivity contribution in [1.82, 2.24) is 5.32 Å². The average Bonchev–Trinajstić information content (AvgIpc) is 2.46. The van der Waals surface area contributed by atoms with E-state index in [9.17, 15) is 0 Å². The molecule has 0 aromatic heterocycles. The lowest BCUT2D eigenvalue weighted by atomic mass is 9.91. The Hall–Kier alpha value is -1.02. The largest absolute Gasteiger partial charge is 0.494 e. The molecule has 0 heterocycles. The van der Waals surface area contributed by atoms with Gasteiger partial charge in [0.05, 0.1) is 6.61 Å². The highest BCUT2D eigenvalue weighted by Gasteiger charge is 2.18. The van der Waals surface area contributed by atoms with Gasteiger partial charge in [-0.25, -0.2) is 0 Å². The molecule has 1 aromatic carbocycles. The van der Waals surface area contributed by atoms with Gasteiger partial charge in [-0.05, 0) is 49.4 Å². The van der Waals surface area contributed by atoms with Gasteiger partial charge in [-0.1, -0.05) is 46.2 Å². The van der Waals surface area contributed by atoms with Gasteiger partial charge in [-0.2, -0.15) is 0 Å². The monoisotopic (exact) mass is 277 g/mol. The van der Waals surface area contributed by atoms with Gasteiger partial charge in [0, 0.05) is 6.04 Å². The molecule has 1 N–H and O–H groups in total. The Morgan fingerprint density at radius 3 is 2.55 bits per heavy atom. The maximum Gasteiger partial charge on any atom is 0.119 e. The molecule has 0 saturated heterocycles. The third-order valence-electron chi connectivity index (χ3n) is 3.62. The highest BCUT2D eigenvalue weighted by atomic mass is 16.5. The van der Waals surface area contributed by atoms with Crippen LogP contribution in [0.25, 0.3) is 0 Å². The lowest BCUT2D eigenvalue weighted by Crippen LogP contribution is -2.27. The van der Waals surface area contributed by atoms with Crippen LogP contribution in [0.3, 0.4) is 0 Å². The van der Waals surface area contributed by atoms with Crippen LogP contribution < -0.4 is 10.1 Å². The Balaban J connectivity index is 2.82. The first-order valence-corrected chi connectivity index (χ1v) is 8.19. The van der Waals surface area contributed by atoms with Gasteiger partial charge >= 0.3 is 0 Å². The second kappa shape index (κ2) is 9.82. The minimum absolute atomic E-state index is 0.431. The van der Waals surface area contributed by atoms with Crippen LogP contribution in [0.15, 0.2) is 24.3 Å². The second-order valence-corrected chi connectivity index (χ2v) is 5.62. The number of ether oxygens (including phenoxy) is 1. The van der Waals surface area contributed by atoms with Crippen molar-refractivity contribution in [3.05, 3.63) is 29.8 Å². The Bertz CT molecular complexity index is 364. The van der Waals surface area contributed by atoms with Crippen LogP contribution >= 0.6 is 0 Å². The summed E-state index contributed by atoms with van der Waals surface area (Å²) in [6.07, 6.45) is 4.70. The van der Waals surface area contributed by atoms with Crippen LogP contribution in [0.1, 0.15) is 65.0 Å². The summed E-state index contributed by atoms with van der Waals surface area (Å²) in [4.78, 5) is 0. The van der Waals surface area contributed by atoms with E-state index in [4.69, 9.17) is 4.74 Å². The van der Waals surface area contributed by atoms with E-state index >= 15 is 0 Å². The molecule has 0 aliphatic carbocycles. The summed E-state index contributed by atoms with van der Waals surface area (Å²) >= 11 is 0. The van der Waals surface area contributed by atoms with Crippen LogP contribution in [0.4, 0.5) is 0 Å². The molecule has 2 heteroatoms. The molecule has 2 nitrogen and oxygen atoms in total. The van der Waals surface area contributed by atoms with Gasteiger partial charge in [-0.3, -0.25) is 0 Å². The molecular weight excluding hydrogens is 246 g/mol. The van der Waals surface area contributed by atoms with E-state index in [0.29, 0.717) is 12.0 Å². The van der Waals surface area contributed by atoms with Crippen molar-refractivity contribution in [2.45, 2.75) is 59.4 Å².